The summed E-state index contributed by atoms with van der Waals surface area (Å²) < 4.78 is 5.85. The van der Waals surface area contributed by atoms with Gasteiger partial charge in [0.25, 0.3) is 0 Å². The van der Waals surface area contributed by atoms with Crippen molar-refractivity contribution >= 4 is 73.7 Å². The number of rotatable bonds is 5. The molecule has 1 atom stereocenters. The molecular formula is C15H11I3NNaO4. The van der Waals surface area contributed by atoms with Crippen molar-refractivity contribution in [2.45, 2.75) is 9.97 Å². The third-order valence-corrected chi connectivity index (χ3v) is 5.47. The number of carboxylic acid groups (broad SMARTS) is 1. The maximum atomic E-state index is 11.4. The van der Waals surface area contributed by atoms with Crippen molar-refractivity contribution in [2.24, 2.45) is 5.73 Å². The number of ether oxygens (including phenoxy) is 1. The Balaban J connectivity index is 0.00000288. The number of carboxylic acids is 1. The molecule has 0 amide bonds. The van der Waals surface area contributed by atoms with Gasteiger partial charge in [0.05, 0.1) is 3.57 Å². The van der Waals surface area contributed by atoms with E-state index in [-0.39, 0.29) is 41.7 Å². The number of alkyl halides is 1. The smallest absolute Gasteiger partial charge is 0.872 e. The fraction of sp³-hybridized carbons (Fsp3) is 0.133. The van der Waals surface area contributed by atoms with Crippen molar-refractivity contribution in [1.82, 2.24) is 0 Å². The van der Waals surface area contributed by atoms with E-state index in [1.54, 1.807) is 46.9 Å². The molecule has 2 aromatic rings. The average molecular weight is 673 g/mol. The minimum atomic E-state index is -1.34. The van der Waals surface area contributed by atoms with E-state index in [0.29, 0.717) is 15.1 Å². The van der Waals surface area contributed by atoms with Crippen LogP contribution in [0.3, 0.4) is 0 Å². The van der Waals surface area contributed by atoms with Gasteiger partial charge >= 0.3 is 35.5 Å². The summed E-state index contributed by atoms with van der Waals surface area (Å²) >= 11 is 5.81. The van der Waals surface area contributed by atoms with E-state index < -0.39 is 9.51 Å². The Kier molecular flexibility index (Phi) is 9.04. The minimum Gasteiger partial charge on any atom is -0.872 e. The molecule has 0 unspecified atom stereocenters. The summed E-state index contributed by atoms with van der Waals surface area (Å²) in [5, 5.41) is 20.5. The second-order valence-electron chi connectivity index (χ2n) is 4.80. The van der Waals surface area contributed by atoms with Gasteiger partial charge in [-0.25, -0.2) is 4.79 Å². The van der Waals surface area contributed by atoms with E-state index >= 15 is 0 Å². The van der Waals surface area contributed by atoms with Gasteiger partial charge in [-0.05, 0) is 97.6 Å². The van der Waals surface area contributed by atoms with Crippen LogP contribution in [0.5, 0.6) is 17.2 Å². The van der Waals surface area contributed by atoms with Crippen LogP contribution in [0, 0.1) is 7.14 Å². The largest absolute Gasteiger partial charge is 1.00 e. The predicted octanol–water partition coefficient (Wildman–Crippen LogP) is 0.483. The van der Waals surface area contributed by atoms with Crippen LogP contribution in [0.4, 0.5) is 0 Å². The van der Waals surface area contributed by atoms with E-state index in [1.165, 1.54) is 6.07 Å². The number of aliphatic carboxylic acids is 1. The van der Waals surface area contributed by atoms with Crippen LogP contribution in [-0.4, -0.2) is 14.6 Å². The van der Waals surface area contributed by atoms with Crippen LogP contribution < -0.4 is 45.1 Å². The molecule has 0 aliphatic carbocycles. The second kappa shape index (κ2) is 9.55. The van der Waals surface area contributed by atoms with E-state index in [9.17, 15) is 9.90 Å². The van der Waals surface area contributed by atoms with Crippen molar-refractivity contribution in [3.8, 4) is 17.2 Å². The molecule has 0 aliphatic heterocycles. The van der Waals surface area contributed by atoms with Crippen LogP contribution in [0.25, 0.3) is 0 Å². The molecule has 2 aromatic carbocycles. The summed E-state index contributed by atoms with van der Waals surface area (Å²) in [5.74, 6) is 0.112. The Bertz CT molecular complexity index is 755. The van der Waals surface area contributed by atoms with Crippen LogP contribution in [0.2, 0.25) is 0 Å². The zero-order chi connectivity index (χ0) is 17.2. The molecule has 24 heavy (non-hydrogen) atoms. The molecule has 3 N–H and O–H groups in total. The monoisotopic (exact) mass is 673 g/mol. The summed E-state index contributed by atoms with van der Waals surface area (Å²) in [6.07, 6.45) is 0.210. The predicted molar refractivity (Wildman–Crippen MR) is 110 cm³/mol. The number of benzene rings is 2. The quantitative estimate of drug-likeness (QED) is 0.209. The SMILES string of the molecule is N[C@@](I)(Cc1ccc(Oc2ccc([O-])c(I)c2)c(I)c1)C(=O)O.[Na+]. The van der Waals surface area contributed by atoms with E-state index in [2.05, 4.69) is 22.6 Å². The van der Waals surface area contributed by atoms with E-state index in [1.807, 2.05) is 28.7 Å². The maximum absolute atomic E-state index is 11.4. The zero-order valence-electron chi connectivity index (χ0n) is 12.6. The molecule has 0 saturated carbocycles. The van der Waals surface area contributed by atoms with Gasteiger partial charge in [-0.2, -0.15) is 0 Å². The molecule has 9 heteroatoms. The normalized spacial score (nSPS) is 12.8. The van der Waals surface area contributed by atoms with E-state index in [4.69, 9.17) is 15.6 Å². The summed E-state index contributed by atoms with van der Waals surface area (Å²) in [6, 6.07) is 10.1. The molecule has 0 aromatic heterocycles. The van der Waals surface area contributed by atoms with Crippen molar-refractivity contribution in [2.75, 3.05) is 0 Å². The van der Waals surface area contributed by atoms with E-state index in [0.717, 1.165) is 9.13 Å². The number of hydrogen-bond acceptors (Lipinski definition) is 4. The number of halogens is 3. The zero-order valence-corrected chi connectivity index (χ0v) is 21.0. The number of nitrogens with two attached hydrogens (primary N) is 1. The third-order valence-electron chi connectivity index (χ3n) is 2.94. The molecule has 0 aliphatic rings. The van der Waals surface area contributed by atoms with Gasteiger partial charge in [-0.3, -0.25) is 0 Å². The van der Waals surface area contributed by atoms with Gasteiger partial charge in [0.1, 0.15) is 11.5 Å². The first kappa shape index (κ1) is 22.7. The minimum absolute atomic E-state index is 0. The summed E-state index contributed by atoms with van der Waals surface area (Å²) in [4.78, 5) is 11.1. The van der Waals surface area contributed by atoms with Crippen LogP contribution >= 0.6 is 67.8 Å². The van der Waals surface area contributed by atoms with Gasteiger partial charge in [-0.15, -0.1) is 0 Å². The molecule has 0 bridgehead atoms. The summed E-state index contributed by atoms with van der Waals surface area (Å²) in [7, 11) is 0. The van der Waals surface area contributed by atoms with Crippen LogP contribution in [-0.2, 0) is 11.2 Å². The first-order chi connectivity index (χ1) is 10.7. The first-order valence-electron chi connectivity index (χ1n) is 6.33. The van der Waals surface area contributed by atoms with Crippen molar-refractivity contribution in [1.29, 1.82) is 0 Å². The Labute approximate surface area is 202 Å². The summed E-state index contributed by atoms with van der Waals surface area (Å²) in [5.41, 5.74) is 6.57. The molecule has 0 fully saturated rings. The second-order valence-corrected chi connectivity index (χ2v) is 9.05. The molecule has 2 rings (SSSR count). The van der Waals surface area contributed by atoms with Gasteiger partial charge in [0.15, 0.2) is 3.55 Å². The van der Waals surface area contributed by atoms with Crippen molar-refractivity contribution in [3.05, 3.63) is 49.1 Å². The Morgan fingerprint density at radius 2 is 1.88 bits per heavy atom. The maximum Gasteiger partial charge on any atom is 1.00 e. The fourth-order valence-electron chi connectivity index (χ4n) is 1.78. The molecule has 0 spiro atoms. The van der Waals surface area contributed by atoms with Crippen molar-refractivity contribution in [3.63, 3.8) is 0 Å². The number of hydrogen-bond donors (Lipinski definition) is 2. The molecule has 5 nitrogen and oxygen atoms in total. The van der Waals surface area contributed by atoms with Crippen LogP contribution in [0.15, 0.2) is 36.4 Å². The Hall–Kier alpha value is 0.660. The fourth-order valence-corrected chi connectivity index (χ4v) is 3.40. The number of carbonyl (C=O) groups is 1. The van der Waals surface area contributed by atoms with Crippen molar-refractivity contribution < 1.29 is 49.3 Å². The third kappa shape index (κ3) is 6.13. The molecule has 0 radical (unpaired) electrons. The van der Waals surface area contributed by atoms with Gasteiger partial charge < -0.3 is 20.7 Å². The molecule has 0 saturated heterocycles. The Morgan fingerprint density at radius 3 is 2.42 bits per heavy atom. The van der Waals surface area contributed by atoms with Gasteiger partial charge in [-0.1, -0.05) is 17.9 Å². The van der Waals surface area contributed by atoms with Gasteiger partial charge in [0.2, 0.25) is 0 Å². The van der Waals surface area contributed by atoms with Gasteiger partial charge in [0, 0.05) is 9.99 Å². The summed E-state index contributed by atoms with van der Waals surface area (Å²) in [6.45, 7) is 0. The molecule has 122 valence electrons. The topological polar surface area (TPSA) is 95.6 Å². The standard InChI is InChI=1S/C15H12I3NO4.Na/c16-10-6-9(2-3-12(10)20)23-13-4-1-8(5-11(13)17)7-15(18,19)14(21)22;/h1-6,20H,7,19H2,(H,21,22);/q;+1/p-1/t15-;/m0./s1. The van der Waals surface area contributed by atoms with Crippen LogP contribution in [0.1, 0.15) is 5.56 Å². The Morgan fingerprint density at radius 1 is 1.21 bits per heavy atom. The average Bonchev–Trinajstić information content (AvgIpc) is 2.45. The first-order valence-corrected chi connectivity index (χ1v) is 9.57. The molecular weight excluding hydrogens is 662 g/mol. The molecule has 0 heterocycles.